The summed E-state index contributed by atoms with van der Waals surface area (Å²) in [5.41, 5.74) is 5.24. The number of benzene rings is 2. The fourth-order valence-corrected chi connectivity index (χ4v) is 6.85. The van der Waals surface area contributed by atoms with Gasteiger partial charge in [-0.2, -0.15) is 10.5 Å². The lowest BCUT2D eigenvalue weighted by molar-refractivity contribution is 0.0820. The number of carbonyl (C=O) groups excluding carboxylic acids is 2. The van der Waals surface area contributed by atoms with Crippen LogP contribution in [-0.4, -0.2) is 101 Å². The Kier molecular flexibility index (Phi) is 8.57. The van der Waals surface area contributed by atoms with E-state index in [1.807, 2.05) is 36.4 Å². The van der Waals surface area contributed by atoms with E-state index in [-0.39, 0.29) is 23.9 Å². The fourth-order valence-electron chi connectivity index (χ4n) is 6.85. The molecule has 2 N–H and O–H groups in total. The fraction of sp³-hybridized carbons (Fsp3) is 0.455. The van der Waals surface area contributed by atoms with Crippen LogP contribution in [0.25, 0.3) is 0 Å². The third kappa shape index (κ3) is 5.35. The second-order valence-corrected chi connectivity index (χ2v) is 12.5. The number of tetrazole rings is 1. The van der Waals surface area contributed by atoms with Crippen molar-refractivity contribution in [2.24, 2.45) is 5.92 Å². The van der Waals surface area contributed by atoms with Gasteiger partial charge in [0.15, 0.2) is 5.82 Å². The molecule has 1 saturated heterocycles. The third-order valence-electron chi connectivity index (χ3n) is 9.26. The summed E-state index contributed by atoms with van der Waals surface area (Å²) in [4.78, 5) is 31.2. The van der Waals surface area contributed by atoms with Crippen LogP contribution in [0.2, 0.25) is 0 Å². The number of likely N-dealkylation sites (tertiary alicyclic amines) is 1. The molecule has 3 aromatic rings. The minimum Gasteiger partial charge on any atom is -0.355 e. The van der Waals surface area contributed by atoms with Crippen LogP contribution in [0.15, 0.2) is 48.7 Å². The number of aromatic nitrogens is 4. The lowest BCUT2D eigenvalue weighted by Crippen LogP contribution is -2.41. The first-order chi connectivity index (χ1) is 21.0. The van der Waals surface area contributed by atoms with Gasteiger partial charge in [-0.1, -0.05) is 30.8 Å². The SMILES string of the molecule is C=C(CNCCC1(c2nn[nH]n2)c2ccc(C(=O)N(C)C)cc2Cc2cc(C(=O)N(C)C)ccc21)N1C(C#N)C[C@H](C)C1C. The Balaban J connectivity index is 1.53. The molecule has 3 atom stereocenters. The van der Waals surface area contributed by atoms with Gasteiger partial charge in [-0.3, -0.25) is 9.59 Å². The first-order valence-corrected chi connectivity index (χ1v) is 15.0. The van der Waals surface area contributed by atoms with Crippen LogP contribution in [0.4, 0.5) is 0 Å². The van der Waals surface area contributed by atoms with Crippen molar-refractivity contribution in [3.8, 4) is 6.07 Å². The second-order valence-electron chi connectivity index (χ2n) is 12.5. The topological polar surface area (TPSA) is 134 Å². The zero-order valence-corrected chi connectivity index (χ0v) is 26.4. The zero-order valence-electron chi connectivity index (χ0n) is 26.4. The molecule has 230 valence electrons. The molecule has 2 unspecified atom stereocenters. The Bertz CT molecular complexity index is 1540. The summed E-state index contributed by atoms with van der Waals surface area (Å²) in [6, 6.07) is 14.1. The van der Waals surface area contributed by atoms with Crippen molar-refractivity contribution >= 4 is 11.8 Å². The van der Waals surface area contributed by atoms with Gasteiger partial charge < -0.3 is 20.0 Å². The summed E-state index contributed by atoms with van der Waals surface area (Å²) in [7, 11) is 6.95. The van der Waals surface area contributed by atoms with Gasteiger partial charge in [0.05, 0.1) is 11.5 Å². The third-order valence-corrected chi connectivity index (χ3v) is 9.26. The predicted octanol–water partition coefficient (Wildman–Crippen LogP) is 2.96. The summed E-state index contributed by atoms with van der Waals surface area (Å²) in [5, 5.41) is 28.9. The van der Waals surface area contributed by atoms with E-state index in [2.05, 4.69) is 57.3 Å². The van der Waals surface area contributed by atoms with Gasteiger partial charge in [-0.25, -0.2) is 0 Å². The molecular formula is C33H41N9O2. The molecular weight excluding hydrogens is 554 g/mol. The van der Waals surface area contributed by atoms with Crippen molar-refractivity contribution in [2.45, 2.75) is 50.6 Å². The summed E-state index contributed by atoms with van der Waals surface area (Å²) in [5.74, 6) is 0.773. The highest BCUT2D eigenvalue weighted by Gasteiger charge is 2.46. The van der Waals surface area contributed by atoms with Gasteiger partial charge in [0, 0.05) is 57.6 Å². The van der Waals surface area contributed by atoms with Gasteiger partial charge in [-0.15, -0.1) is 10.2 Å². The number of carbonyl (C=O) groups is 2. The van der Waals surface area contributed by atoms with Crippen LogP contribution in [0.3, 0.4) is 0 Å². The van der Waals surface area contributed by atoms with Crippen LogP contribution >= 0.6 is 0 Å². The number of H-pyrrole nitrogens is 1. The quantitative estimate of drug-likeness (QED) is 0.361. The van der Waals surface area contributed by atoms with Gasteiger partial charge >= 0.3 is 0 Å². The number of hydrogen-bond acceptors (Lipinski definition) is 8. The molecule has 2 heterocycles. The van der Waals surface area contributed by atoms with Crippen LogP contribution in [-0.2, 0) is 11.8 Å². The molecule has 1 aromatic heterocycles. The molecule has 1 fully saturated rings. The zero-order chi connectivity index (χ0) is 31.8. The average molecular weight is 596 g/mol. The van der Waals surface area contributed by atoms with E-state index in [0.717, 1.165) is 34.4 Å². The summed E-state index contributed by atoms with van der Waals surface area (Å²) in [6.45, 7) is 9.77. The van der Waals surface area contributed by atoms with Crippen molar-refractivity contribution in [3.05, 3.63) is 87.9 Å². The predicted molar refractivity (Wildman–Crippen MR) is 167 cm³/mol. The molecule has 2 amide bonds. The Labute approximate surface area is 258 Å². The lowest BCUT2D eigenvalue weighted by Gasteiger charge is -2.39. The number of fused-ring (bicyclic) bond motifs is 2. The van der Waals surface area contributed by atoms with E-state index < -0.39 is 5.41 Å². The maximum Gasteiger partial charge on any atom is 0.253 e. The highest BCUT2D eigenvalue weighted by Crippen LogP contribution is 2.47. The van der Waals surface area contributed by atoms with Crippen LogP contribution in [0.5, 0.6) is 0 Å². The molecule has 1 aliphatic carbocycles. The smallest absolute Gasteiger partial charge is 0.253 e. The van der Waals surface area contributed by atoms with Crippen molar-refractivity contribution in [1.29, 1.82) is 5.26 Å². The van der Waals surface area contributed by atoms with Crippen molar-refractivity contribution < 1.29 is 9.59 Å². The van der Waals surface area contributed by atoms with E-state index in [1.54, 1.807) is 38.0 Å². The lowest BCUT2D eigenvalue weighted by atomic mass is 9.63. The standard InChI is InChI=1S/C33H41N9O2/c1-20-14-27(18-34)42(22(20)3)21(2)19-35-13-12-33(32-36-38-39-37-32)28-10-8-23(30(43)40(4)5)15-25(28)17-26-16-24(9-11-29(26)33)31(44)41(6)7/h8-11,15-16,20,22,27,35H,2,12-14,17,19H2,1,3-7H3,(H,36,37,38,39)/t20-,22?,27?/m0/s1. The van der Waals surface area contributed by atoms with Gasteiger partial charge in [0.1, 0.15) is 6.04 Å². The molecule has 11 heteroatoms. The molecule has 0 saturated carbocycles. The van der Waals surface area contributed by atoms with Crippen molar-refractivity contribution in [3.63, 3.8) is 0 Å². The summed E-state index contributed by atoms with van der Waals surface area (Å²) in [6.07, 6.45) is 1.97. The number of amides is 2. The molecule has 1 aliphatic heterocycles. The maximum atomic E-state index is 12.9. The van der Waals surface area contributed by atoms with Gasteiger partial charge in [0.2, 0.25) is 0 Å². The highest BCUT2D eigenvalue weighted by molar-refractivity contribution is 5.95. The first-order valence-electron chi connectivity index (χ1n) is 15.0. The number of nitriles is 1. The van der Waals surface area contributed by atoms with Crippen LogP contribution < -0.4 is 5.32 Å². The van der Waals surface area contributed by atoms with E-state index >= 15 is 0 Å². The molecule has 0 spiro atoms. The number of rotatable bonds is 9. The number of hydrogen-bond donors (Lipinski definition) is 2. The molecule has 44 heavy (non-hydrogen) atoms. The molecule has 0 bridgehead atoms. The number of nitrogens with zero attached hydrogens (tertiary/aromatic N) is 7. The largest absolute Gasteiger partial charge is 0.355 e. The number of nitrogens with one attached hydrogen (secondary N) is 2. The molecule has 2 aromatic carbocycles. The van der Waals surface area contributed by atoms with Crippen LogP contribution in [0.1, 0.15) is 75.5 Å². The first kappa shape index (κ1) is 30.9. The van der Waals surface area contributed by atoms with Crippen LogP contribution in [0, 0.1) is 17.2 Å². The minimum atomic E-state index is -0.797. The maximum absolute atomic E-state index is 12.9. The molecule has 0 radical (unpaired) electrons. The Hall–Kier alpha value is -4.56. The summed E-state index contributed by atoms with van der Waals surface area (Å²) >= 11 is 0. The Morgan fingerprint density at radius 1 is 1.07 bits per heavy atom. The van der Waals surface area contributed by atoms with Gasteiger partial charge in [0.25, 0.3) is 11.8 Å². The number of aromatic amines is 1. The molecule has 11 nitrogen and oxygen atoms in total. The Morgan fingerprint density at radius 2 is 1.66 bits per heavy atom. The van der Waals surface area contributed by atoms with E-state index in [4.69, 9.17) is 0 Å². The normalized spacial score (nSPS) is 19.9. The second kappa shape index (κ2) is 12.2. The Morgan fingerprint density at radius 3 is 2.16 bits per heavy atom. The highest BCUT2D eigenvalue weighted by atomic mass is 16.2. The monoisotopic (exact) mass is 595 g/mol. The van der Waals surface area contributed by atoms with E-state index in [9.17, 15) is 14.9 Å². The van der Waals surface area contributed by atoms with Crippen molar-refractivity contribution in [1.82, 2.24) is 40.6 Å². The summed E-state index contributed by atoms with van der Waals surface area (Å²) < 4.78 is 0. The van der Waals surface area contributed by atoms with Crippen molar-refractivity contribution in [2.75, 3.05) is 41.3 Å². The molecule has 2 aliphatic rings. The minimum absolute atomic E-state index is 0.0818. The average Bonchev–Trinajstić information content (AvgIpc) is 3.65. The molecule has 5 rings (SSSR count). The van der Waals surface area contributed by atoms with E-state index in [1.165, 1.54) is 0 Å². The van der Waals surface area contributed by atoms with E-state index in [0.29, 0.717) is 48.8 Å². The van der Waals surface area contributed by atoms with Gasteiger partial charge in [-0.05, 0) is 85.2 Å².